The average molecular weight is 405 g/mol. The largest absolute Gasteiger partial charge is 0.495 e. The van der Waals surface area contributed by atoms with Gasteiger partial charge in [0.25, 0.3) is 11.8 Å². The molecule has 150 valence electrons. The fraction of sp³-hybridized carbons (Fsp3) is 0.333. The van der Waals surface area contributed by atoms with Crippen LogP contribution >= 0.6 is 11.6 Å². The molecule has 0 fully saturated rings. The van der Waals surface area contributed by atoms with Gasteiger partial charge >= 0.3 is 0 Å². The van der Waals surface area contributed by atoms with Gasteiger partial charge in [-0.2, -0.15) is 0 Å². The summed E-state index contributed by atoms with van der Waals surface area (Å²) in [7, 11) is 1.56. The van der Waals surface area contributed by atoms with Gasteiger partial charge in [0.2, 0.25) is 0 Å². The molecule has 0 spiro atoms. The second-order valence-corrected chi connectivity index (χ2v) is 6.87. The van der Waals surface area contributed by atoms with Gasteiger partial charge in [0.15, 0.2) is 13.1 Å². The molecule has 3 N–H and O–H groups in total. The van der Waals surface area contributed by atoms with Gasteiger partial charge in [-0.25, -0.2) is 0 Å². The van der Waals surface area contributed by atoms with Gasteiger partial charge in [-0.1, -0.05) is 35.9 Å². The van der Waals surface area contributed by atoms with Gasteiger partial charge in [0, 0.05) is 11.6 Å². The molecule has 6 nitrogen and oxygen atoms in total. The van der Waals surface area contributed by atoms with E-state index < -0.39 is 0 Å². The summed E-state index contributed by atoms with van der Waals surface area (Å²) in [6.45, 7) is 3.62. The molecule has 1 atom stereocenters. The van der Waals surface area contributed by atoms with Crippen molar-refractivity contribution < 1.29 is 19.2 Å². The molecule has 0 aromatic heterocycles. The van der Waals surface area contributed by atoms with Gasteiger partial charge < -0.3 is 20.3 Å². The summed E-state index contributed by atoms with van der Waals surface area (Å²) < 4.78 is 5.24. The van der Waals surface area contributed by atoms with Crippen molar-refractivity contribution in [3.8, 4) is 5.75 Å². The van der Waals surface area contributed by atoms with E-state index in [-0.39, 0.29) is 24.9 Å². The SMILES string of the molecule is CC[NH+](CC(=O)NCCc1ccc(Cl)cc1)CC(=O)Nc1ccccc1OC. The maximum Gasteiger partial charge on any atom is 0.279 e. The highest BCUT2D eigenvalue weighted by Gasteiger charge is 2.17. The number of amides is 2. The lowest BCUT2D eigenvalue weighted by atomic mass is 10.1. The number of para-hydroxylation sites is 2. The summed E-state index contributed by atoms with van der Waals surface area (Å²) in [4.78, 5) is 25.4. The molecule has 2 rings (SSSR count). The first-order valence-corrected chi connectivity index (χ1v) is 9.67. The van der Waals surface area contributed by atoms with Crippen molar-refractivity contribution in [2.75, 3.05) is 38.6 Å². The van der Waals surface area contributed by atoms with E-state index in [0.717, 1.165) is 16.9 Å². The minimum atomic E-state index is -0.157. The number of likely N-dealkylation sites (N-methyl/N-ethyl adjacent to an activating group) is 1. The van der Waals surface area contributed by atoms with E-state index in [4.69, 9.17) is 16.3 Å². The van der Waals surface area contributed by atoms with Crippen LogP contribution in [0.25, 0.3) is 0 Å². The van der Waals surface area contributed by atoms with Crippen LogP contribution < -0.4 is 20.3 Å². The van der Waals surface area contributed by atoms with Crippen molar-refractivity contribution in [3.63, 3.8) is 0 Å². The molecule has 0 aliphatic carbocycles. The van der Waals surface area contributed by atoms with E-state index in [1.165, 1.54) is 0 Å². The average Bonchev–Trinajstić information content (AvgIpc) is 2.69. The highest BCUT2D eigenvalue weighted by Crippen LogP contribution is 2.22. The molecule has 2 amide bonds. The van der Waals surface area contributed by atoms with Crippen molar-refractivity contribution in [3.05, 3.63) is 59.1 Å². The summed E-state index contributed by atoms with van der Waals surface area (Å²) in [5, 5.41) is 6.44. The van der Waals surface area contributed by atoms with Crippen molar-refractivity contribution in [1.29, 1.82) is 0 Å². The summed E-state index contributed by atoms with van der Waals surface area (Å²) in [5.74, 6) is 0.375. The Morgan fingerprint density at radius 3 is 2.39 bits per heavy atom. The number of rotatable bonds is 10. The highest BCUT2D eigenvalue weighted by molar-refractivity contribution is 6.30. The van der Waals surface area contributed by atoms with Crippen molar-refractivity contribution in [2.45, 2.75) is 13.3 Å². The lowest BCUT2D eigenvalue weighted by Gasteiger charge is -2.17. The fourth-order valence-electron chi connectivity index (χ4n) is 2.77. The van der Waals surface area contributed by atoms with E-state index in [1.54, 1.807) is 19.2 Å². The van der Waals surface area contributed by atoms with Crippen LogP contribution in [0.4, 0.5) is 5.69 Å². The third-order valence-corrected chi connectivity index (χ3v) is 4.60. The third-order valence-electron chi connectivity index (χ3n) is 4.35. The number of hydrogen-bond acceptors (Lipinski definition) is 3. The Bertz CT molecular complexity index is 781. The van der Waals surface area contributed by atoms with Crippen LogP contribution in [0.3, 0.4) is 0 Å². The molecular weight excluding hydrogens is 378 g/mol. The maximum atomic E-state index is 12.3. The van der Waals surface area contributed by atoms with Crippen LogP contribution in [0.2, 0.25) is 5.02 Å². The summed E-state index contributed by atoms with van der Waals surface area (Å²) in [6.07, 6.45) is 0.735. The van der Waals surface area contributed by atoms with Gasteiger partial charge in [0.05, 0.1) is 19.3 Å². The fourth-order valence-corrected chi connectivity index (χ4v) is 2.89. The number of carbonyl (C=O) groups excluding carboxylic acids is 2. The molecule has 7 heteroatoms. The minimum Gasteiger partial charge on any atom is -0.495 e. The molecule has 0 saturated carbocycles. The quantitative estimate of drug-likeness (QED) is 0.562. The van der Waals surface area contributed by atoms with Gasteiger partial charge in [0.1, 0.15) is 5.75 Å². The van der Waals surface area contributed by atoms with Crippen molar-refractivity contribution >= 4 is 29.1 Å². The van der Waals surface area contributed by atoms with Crippen LogP contribution in [-0.2, 0) is 16.0 Å². The van der Waals surface area contributed by atoms with Crippen molar-refractivity contribution in [2.24, 2.45) is 0 Å². The summed E-state index contributed by atoms with van der Waals surface area (Å²) >= 11 is 5.87. The first kappa shape index (κ1) is 21.7. The Kier molecular flexibility index (Phi) is 8.78. The van der Waals surface area contributed by atoms with Gasteiger partial charge in [-0.3, -0.25) is 9.59 Å². The molecule has 0 aliphatic heterocycles. The topological polar surface area (TPSA) is 71.9 Å². The molecule has 0 aliphatic rings. The van der Waals surface area contributed by atoms with Gasteiger partial charge in [-0.05, 0) is 43.2 Å². The van der Waals surface area contributed by atoms with Gasteiger partial charge in [-0.15, -0.1) is 0 Å². The van der Waals surface area contributed by atoms with Crippen molar-refractivity contribution in [1.82, 2.24) is 5.32 Å². The Balaban J connectivity index is 1.76. The Labute approximate surface area is 170 Å². The summed E-state index contributed by atoms with van der Waals surface area (Å²) in [5.41, 5.74) is 1.73. The maximum absolute atomic E-state index is 12.3. The molecular formula is C21H27ClN3O3+. The van der Waals surface area contributed by atoms with Crippen LogP contribution in [0.15, 0.2) is 48.5 Å². The zero-order valence-electron chi connectivity index (χ0n) is 16.3. The predicted octanol–water partition coefficient (Wildman–Crippen LogP) is 1.55. The second kappa shape index (κ2) is 11.3. The molecule has 1 unspecified atom stereocenters. The number of anilines is 1. The number of methoxy groups -OCH3 is 1. The van der Waals surface area contributed by atoms with E-state index in [0.29, 0.717) is 29.5 Å². The smallest absolute Gasteiger partial charge is 0.279 e. The number of halogens is 1. The number of benzene rings is 2. The zero-order valence-corrected chi connectivity index (χ0v) is 17.0. The van der Waals surface area contributed by atoms with E-state index in [2.05, 4.69) is 10.6 Å². The molecule has 0 bridgehead atoms. The summed E-state index contributed by atoms with van der Waals surface area (Å²) in [6, 6.07) is 14.8. The van der Waals surface area contributed by atoms with Crippen LogP contribution in [0.1, 0.15) is 12.5 Å². The first-order chi connectivity index (χ1) is 13.5. The Hall–Kier alpha value is -2.57. The number of carbonyl (C=O) groups is 2. The van der Waals surface area contributed by atoms with E-state index in [9.17, 15) is 9.59 Å². The first-order valence-electron chi connectivity index (χ1n) is 9.29. The molecule has 0 radical (unpaired) electrons. The number of hydrogen-bond donors (Lipinski definition) is 3. The van der Waals surface area contributed by atoms with Crippen LogP contribution in [0, 0.1) is 0 Å². The molecule has 2 aromatic carbocycles. The number of quaternary nitrogens is 1. The Morgan fingerprint density at radius 2 is 1.71 bits per heavy atom. The van der Waals surface area contributed by atoms with E-state index in [1.807, 2.05) is 43.3 Å². The van der Waals surface area contributed by atoms with Crippen LogP contribution in [0.5, 0.6) is 5.75 Å². The highest BCUT2D eigenvalue weighted by atomic mass is 35.5. The number of ether oxygens (including phenoxy) is 1. The molecule has 2 aromatic rings. The third kappa shape index (κ3) is 7.21. The monoisotopic (exact) mass is 404 g/mol. The second-order valence-electron chi connectivity index (χ2n) is 6.43. The predicted molar refractivity (Wildman–Crippen MR) is 111 cm³/mol. The molecule has 0 heterocycles. The minimum absolute atomic E-state index is 0.0732. The lowest BCUT2D eigenvalue weighted by Crippen LogP contribution is -3.14. The zero-order chi connectivity index (χ0) is 20.4. The van der Waals surface area contributed by atoms with E-state index >= 15 is 0 Å². The molecule has 28 heavy (non-hydrogen) atoms. The molecule has 0 saturated heterocycles. The lowest BCUT2D eigenvalue weighted by molar-refractivity contribution is -0.881. The Morgan fingerprint density at radius 1 is 1.04 bits per heavy atom. The van der Waals surface area contributed by atoms with Crippen LogP contribution in [-0.4, -0.2) is 45.1 Å². The standard InChI is InChI=1S/C21H26ClN3O3/c1-3-25(15-21(27)24-18-6-4-5-7-19(18)28-2)14-20(26)23-13-12-16-8-10-17(22)11-9-16/h4-11H,3,12-15H2,1-2H3,(H,23,26)(H,24,27)/p+1. The normalized spacial score (nSPS) is 11.5. The number of nitrogens with one attached hydrogen (secondary N) is 3.